The van der Waals surface area contributed by atoms with Crippen LogP contribution in [-0.2, 0) is 4.79 Å². The molecule has 3 nitrogen and oxygen atoms in total. The molecular formula is C10H11ClN2O. The third kappa shape index (κ3) is 1.38. The lowest BCUT2D eigenvalue weighted by molar-refractivity contribution is -0.123. The molecule has 1 amide bonds. The number of hydrogen-bond donors (Lipinski definition) is 1. The molecule has 1 aliphatic heterocycles. The highest BCUT2D eigenvalue weighted by Crippen LogP contribution is 2.30. The van der Waals surface area contributed by atoms with E-state index in [2.05, 4.69) is 0 Å². The monoisotopic (exact) mass is 210 g/mol. The van der Waals surface area contributed by atoms with Crippen LogP contribution in [0.15, 0.2) is 18.2 Å². The molecule has 0 spiro atoms. The van der Waals surface area contributed by atoms with Crippen molar-refractivity contribution in [2.75, 3.05) is 11.4 Å². The molecule has 1 heterocycles. The molecule has 0 bridgehead atoms. The van der Waals surface area contributed by atoms with Crippen LogP contribution in [0.25, 0.3) is 0 Å². The van der Waals surface area contributed by atoms with Crippen molar-refractivity contribution in [1.29, 1.82) is 0 Å². The van der Waals surface area contributed by atoms with Crippen LogP contribution in [0.4, 0.5) is 5.69 Å². The molecular weight excluding hydrogens is 200 g/mol. The van der Waals surface area contributed by atoms with Gasteiger partial charge >= 0.3 is 0 Å². The molecule has 2 N–H and O–H groups in total. The molecule has 0 aromatic heterocycles. The van der Waals surface area contributed by atoms with E-state index in [-0.39, 0.29) is 11.9 Å². The molecule has 0 saturated carbocycles. The van der Waals surface area contributed by atoms with E-state index in [4.69, 9.17) is 17.3 Å². The Kier molecular flexibility index (Phi) is 2.21. The van der Waals surface area contributed by atoms with Gasteiger partial charge in [-0.05, 0) is 24.6 Å². The van der Waals surface area contributed by atoms with Gasteiger partial charge in [-0.15, -0.1) is 0 Å². The largest absolute Gasteiger partial charge is 0.318 e. The smallest absolute Gasteiger partial charge is 0.245 e. The van der Waals surface area contributed by atoms with Crippen LogP contribution >= 0.6 is 11.6 Å². The van der Waals surface area contributed by atoms with Gasteiger partial charge < -0.3 is 10.6 Å². The van der Waals surface area contributed by atoms with Gasteiger partial charge in [0.15, 0.2) is 0 Å². The maximum absolute atomic E-state index is 11.3. The van der Waals surface area contributed by atoms with E-state index in [0.29, 0.717) is 11.6 Å². The second-order valence-corrected chi connectivity index (χ2v) is 3.92. The molecule has 1 aromatic carbocycles. The first-order chi connectivity index (χ1) is 6.59. The van der Waals surface area contributed by atoms with Gasteiger partial charge in [0.25, 0.3) is 0 Å². The van der Waals surface area contributed by atoms with E-state index in [9.17, 15) is 4.79 Å². The quantitative estimate of drug-likeness (QED) is 0.711. The molecule has 1 aromatic rings. The fourth-order valence-corrected chi connectivity index (χ4v) is 1.84. The minimum absolute atomic E-state index is 0.0595. The molecule has 1 aliphatic rings. The standard InChI is InChI=1S/C10H11ClN2O/c1-6-2-3-9(7(11)4-6)13-5-8(12)10(13)14/h2-4,8H,5,12H2,1H3. The van der Waals surface area contributed by atoms with Crippen molar-refractivity contribution in [3.05, 3.63) is 28.8 Å². The summed E-state index contributed by atoms with van der Waals surface area (Å²) in [5.74, 6) is -0.0595. The summed E-state index contributed by atoms with van der Waals surface area (Å²) in [6.07, 6.45) is 0. The lowest BCUT2D eigenvalue weighted by Gasteiger charge is -2.36. The Bertz CT molecular complexity index is 392. The first-order valence-electron chi connectivity index (χ1n) is 4.42. The van der Waals surface area contributed by atoms with E-state index < -0.39 is 0 Å². The second-order valence-electron chi connectivity index (χ2n) is 3.51. The Morgan fingerprint density at radius 1 is 1.57 bits per heavy atom. The van der Waals surface area contributed by atoms with Gasteiger partial charge in [-0.3, -0.25) is 4.79 Å². The maximum Gasteiger partial charge on any atom is 0.245 e. The van der Waals surface area contributed by atoms with Crippen molar-refractivity contribution in [2.24, 2.45) is 5.73 Å². The van der Waals surface area contributed by atoms with Crippen LogP contribution in [0.2, 0.25) is 5.02 Å². The third-order valence-corrected chi connectivity index (χ3v) is 2.66. The summed E-state index contributed by atoms with van der Waals surface area (Å²) < 4.78 is 0. The predicted molar refractivity (Wildman–Crippen MR) is 56.5 cm³/mol. The fraction of sp³-hybridized carbons (Fsp3) is 0.300. The number of nitrogens with zero attached hydrogens (tertiary/aromatic N) is 1. The Labute approximate surface area is 87.4 Å². The van der Waals surface area contributed by atoms with Gasteiger partial charge in [0, 0.05) is 0 Å². The number of halogens is 1. The van der Waals surface area contributed by atoms with E-state index >= 15 is 0 Å². The van der Waals surface area contributed by atoms with Crippen LogP contribution < -0.4 is 10.6 Å². The Balaban J connectivity index is 2.30. The van der Waals surface area contributed by atoms with Gasteiger partial charge in [-0.25, -0.2) is 0 Å². The van der Waals surface area contributed by atoms with Gasteiger partial charge in [0.05, 0.1) is 17.3 Å². The Hall–Kier alpha value is -1.06. The molecule has 0 aliphatic carbocycles. The first kappa shape index (κ1) is 9.49. The van der Waals surface area contributed by atoms with Crippen molar-refractivity contribution < 1.29 is 4.79 Å². The Morgan fingerprint density at radius 3 is 2.79 bits per heavy atom. The number of rotatable bonds is 1. The number of carbonyl (C=O) groups excluding carboxylic acids is 1. The number of benzene rings is 1. The van der Waals surface area contributed by atoms with Crippen LogP contribution in [-0.4, -0.2) is 18.5 Å². The SMILES string of the molecule is Cc1ccc(N2CC(N)C2=O)c(Cl)c1. The molecule has 2 rings (SSSR count). The minimum Gasteiger partial charge on any atom is -0.318 e. The van der Waals surface area contributed by atoms with Gasteiger partial charge in [-0.2, -0.15) is 0 Å². The highest BCUT2D eigenvalue weighted by Gasteiger charge is 2.35. The molecule has 1 saturated heterocycles. The fourth-order valence-electron chi connectivity index (χ4n) is 1.50. The lowest BCUT2D eigenvalue weighted by atomic mass is 10.1. The van der Waals surface area contributed by atoms with E-state index in [1.165, 1.54) is 0 Å². The predicted octanol–water partition coefficient (Wildman–Crippen LogP) is 1.32. The summed E-state index contributed by atoms with van der Waals surface area (Å²) >= 11 is 6.02. The molecule has 0 radical (unpaired) electrons. The van der Waals surface area contributed by atoms with E-state index in [0.717, 1.165) is 11.3 Å². The zero-order valence-electron chi connectivity index (χ0n) is 7.83. The summed E-state index contributed by atoms with van der Waals surface area (Å²) in [7, 11) is 0. The molecule has 1 fully saturated rings. The number of anilines is 1. The van der Waals surface area contributed by atoms with Gasteiger partial charge in [0.1, 0.15) is 6.04 Å². The number of β-lactam (4-membered cyclic amide) rings is 1. The van der Waals surface area contributed by atoms with Gasteiger partial charge in [-0.1, -0.05) is 17.7 Å². The molecule has 1 unspecified atom stereocenters. The topological polar surface area (TPSA) is 46.3 Å². The zero-order chi connectivity index (χ0) is 10.3. The summed E-state index contributed by atoms with van der Waals surface area (Å²) in [6.45, 7) is 2.51. The number of nitrogens with two attached hydrogens (primary N) is 1. The lowest BCUT2D eigenvalue weighted by Crippen LogP contribution is -2.61. The first-order valence-corrected chi connectivity index (χ1v) is 4.80. The third-order valence-electron chi connectivity index (χ3n) is 2.36. The summed E-state index contributed by atoms with van der Waals surface area (Å²) in [5, 5.41) is 0.602. The zero-order valence-corrected chi connectivity index (χ0v) is 8.58. The number of hydrogen-bond acceptors (Lipinski definition) is 2. The van der Waals surface area contributed by atoms with Crippen molar-refractivity contribution in [3.8, 4) is 0 Å². The average molecular weight is 211 g/mol. The maximum atomic E-state index is 11.3. The van der Waals surface area contributed by atoms with Crippen LogP contribution in [0.3, 0.4) is 0 Å². The summed E-state index contributed by atoms with van der Waals surface area (Å²) in [5.41, 5.74) is 7.33. The highest BCUT2D eigenvalue weighted by molar-refractivity contribution is 6.34. The number of amides is 1. The molecule has 1 atom stereocenters. The summed E-state index contributed by atoms with van der Waals surface area (Å²) in [4.78, 5) is 12.9. The van der Waals surface area contributed by atoms with E-state index in [1.54, 1.807) is 4.90 Å². The van der Waals surface area contributed by atoms with Crippen LogP contribution in [0, 0.1) is 6.92 Å². The normalized spacial score (nSPS) is 20.9. The number of aryl methyl sites for hydroxylation is 1. The van der Waals surface area contributed by atoms with Crippen molar-refractivity contribution in [3.63, 3.8) is 0 Å². The van der Waals surface area contributed by atoms with Crippen molar-refractivity contribution >= 4 is 23.2 Å². The van der Waals surface area contributed by atoms with Crippen LogP contribution in [0.1, 0.15) is 5.56 Å². The van der Waals surface area contributed by atoms with Crippen molar-refractivity contribution in [2.45, 2.75) is 13.0 Å². The molecule has 74 valence electrons. The molecule has 4 heteroatoms. The summed E-state index contributed by atoms with van der Waals surface area (Å²) in [6, 6.07) is 5.26. The van der Waals surface area contributed by atoms with Gasteiger partial charge in [0.2, 0.25) is 5.91 Å². The van der Waals surface area contributed by atoms with Crippen LogP contribution in [0.5, 0.6) is 0 Å². The molecule has 14 heavy (non-hydrogen) atoms. The average Bonchev–Trinajstić information content (AvgIpc) is 2.15. The second kappa shape index (κ2) is 3.26. The Morgan fingerprint density at radius 2 is 2.29 bits per heavy atom. The minimum atomic E-state index is -0.354. The van der Waals surface area contributed by atoms with E-state index in [1.807, 2.05) is 25.1 Å². The number of carbonyl (C=O) groups is 1. The van der Waals surface area contributed by atoms with Crippen molar-refractivity contribution in [1.82, 2.24) is 0 Å². The highest BCUT2D eigenvalue weighted by atomic mass is 35.5.